The van der Waals surface area contributed by atoms with E-state index >= 15 is 0 Å². The number of hydrogen-bond donors (Lipinski definition) is 1. The quantitative estimate of drug-likeness (QED) is 0.869. The largest absolute Gasteiger partial charge is 0.369 e. The molecule has 18 heavy (non-hydrogen) atoms. The second kappa shape index (κ2) is 4.95. The normalized spacial score (nSPS) is 10.6. The van der Waals surface area contributed by atoms with Gasteiger partial charge >= 0.3 is 0 Å². The third kappa shape index (κ3) is 2.53. The summed E-state index contributed by atoms with van der Waals surface area (Å²) in [7, 11) is 0. The van der Waals surface area contributed by atoms with Crippen molar-refractivity contribution in [3.63, 3.8) is 0 Å². The van der Waals surface area contributed by atoms with E-state index in [9.17, 15) is 9.18 Å². The van der Waals surface area contributed by atoms with Crippen molar-refractivity contribution in [2.24, 2.45) is 5.73 Å². The third-order valence-electron chi connectivity index (χ3n) is 2.70. The zero-order chi connectivity index (χ0) is 13.1. The molecule has 0 spiro atoms. The van der Waals surface area contributed by atoms with Gasteiger partial charge in [0, 0.05) is 5.56 Å². The van der Waals surface area contributed by atoms with E-state index in [4.69, 9.17) is 5.73 Å². The molecule has 0 fully saturated rings. The minimum atomic E-state index is -0.462. The molecule has 0 saturated heterocycles. The monoisotopic (exact) mass is 248 g/mol. The van der Waals surface area contributed by atoms with Crippen LogP contribution in [-0.2, 0) is 17.8 Å². The molecule has 0 saturated carbocycles. The summed E-state index contributed by atoms with van der Waals surface area (Å²) in [6.45, 7) is 2.06. The van der Waals surface area contributed by atoms with Gasteiger partial charge in [0.25, 0.3) is 0 Å². The number of nitrogens with two attached hydrogens (primary N) is 1. The highest BCUT2D eigenvalue weighted by atomic mass is 19.1. The minimum Gasteiger partial charge on any atom is -0.369 e. The van der Waals surface area contributed by atoms with E-state index in [0.29, 0.717) is 11.3 Å². The van der Waals surface area contributed by atoms with Crippen molar-refractivity contribution in [3.05, 3.63) is 47.0 Å². The Morgan fingerprint density at radius 3 is 2.83 bits per heavy atom. The molecule has 2 N–H and O–H groups in total. The fourth-order valence-corrected chi connectivity index (χ4v) is 1.66. The Hall–Kier alpha value is -2.24. The van der Waals surface area contributed by atoms with Crippen LogP contribution in [-0.4, -0.2) is 20.9 Å². The number of amides is 1. The van der Waals surface area contributed by atoms with Crippen LogP contribution in [0.5, 0.6) is 0 Å². The molecule has 0 aliphatic rings. The van der Waals surface area contributed by atoms with E-state index in [1.54, 1.807) is 29.8 Å². The molecule has 0 bridgehead atoms. The molecule has 0 aliphatic carbocycles. The molecule has 0 unspecified atom stereocenters. The number of carbonyl (C=O) groups is 1. The Bertz CT molecular complexity index is 579. The van der Waals surface area contributed by atoms with E-state index in [-0.39, 0.29) is 18.8 Å². The van der Waals surface area contributed by atoms with E-state index in [2.05, 4.69) is 10.3 Å². The van der Waals surface area contributed by atoms with Crippen LogP contribution < -0.4 is 5.73 Å². The highest BCUT2D eigenvalue weighted by Crippen LogP contribution is 2.11. The first-order valence-corrected chi connectivity index (χ1v) is 5.48. The Morgan fingerprint density at radius 1 is 1.44 bits per heavy atom. The maximum absolute atomic E-state index is 13.5. The Kier molecular flexibility index (Phi) is 3.36. The molecule has 6 heteroatoms. The number of nitrogens with zero attached hydrogens (tertiary/aromatic N) is 3. The Morgan fingerprint density at radius 2 is 2.17 bits per heavy atom. The number of halogens is 1. The van der Waals surface area contributed by atoms with Gasteiger partial charge in [-0.3, -0.25) is 4.79 Å². The van der Waals surface area contributed by atoms with Crippen molar-refractivity contribution in [2.75, 3.05) is 0 Å². The van der Waals surface area contributed by atoms with E-state index in [1.165, 1.54) is 6.07 Å². The molecule has 0 aliphatic heterocycles. The van der Waals surface area contributed by atoms with Crippen molar-refractivity contribution >= 4 is 5.91 Å². The molecule has 94 valence electrons. The standard InChI is InChI=1S/C12H13FN4O/c1-8-11(6-12(14)18)15-16-17(8)7-9-4-2-3-5-10(9)13/h2-5H,6-7H2,1H3,(H2,14,18). The molecule has 5 nitrogen and oxygen atoms in total. The smallest absolute Gasteiger partial charge is 0.223 e. The topological polar surface area (TPSA) is 73.8 Å². The predicted molar refractivity (Wildman–Crippen MR) is 63.2 cm³/mol. The van der Waals surface area contributed by atoms with Gasteiger partial charge in [0.05, 0.1) is 24.4 Å². The number of hydrogen-bond acceptors (Lipinski definition) is 3. The highest BCUT2D eigenvalue weighted by molar-refractivity contribution is 5.76. The van der Waals surface area contributed by atoms with Gasteiger partial charge in [-0.15, -0.1) is 5.10 Å². The van der Waals surface area contributed by atoms with Crippen LogP contribution in [0.15, 0.2) is 24.3 Å². The molecule has 1 amide bonds. The van der Waals surface area contributed by atoms with Crippen molar-refractivity contribution in [3.8, 4) is 0 Å². The van der Waals surface area contributed by atoms with Gasteiger partial charge in [0.2, 0.25) is 5.91 Å². The van der Waals surface area contributed by atoms with Gasteiger partial charge < -0.3 is 5.73 Å². The summed E-state index contributed by atoms with van der Waals surface area (Å²) in [6.07, 6.45) is 0.0447. The van der Waals surface area contributed by atoms with Crippen LogP contribution >= 0.6 is 0 Å². The predicted octanol–water partition coefficient (Wildman–Crippen LogP) is 0.802. The summed E-state index contributed by atoms with van der Waals surface area (Å²) in [4.78, 5) is 10.8. The molecule has 1 aromatic carbocycles. The van der Waals surface area contributed by atoms with Gasteiger partial charge in [-0.05, 0) is 13.0 Å². The van der Waals surface area contributed by atoms with E-state index in [1.807, 2.05) is 0 Å². The Labute approximate surface area is 103 Å². The minimum absolute atomic E-state index is 0.0447. The molecule has 2 rings (SSSR count). The SMILES string of the molecule is Cc1c(CC(N)=O)nnn1Cc1ccccc1F. The zero-order valence-electron chi connectivity index (χ0n) is 9.93. The lowest BCUT2D eigenvalue weighted by Gasteiger charge is -2.04. The first-order valence-electron chi connectivity index (χ1n) is 5.48. The van der Waals surface area contributed by atoms with E-state index in [0.717, 1.165) is 5.69 Å². The third-order valence-corrected chi connectivity index (χ3v) is 2.70. The van der Waals surface area contributed by atoms with Crippen molar-refractivity contribution in [1.29, 1.82) is 0 Å². The molecular formula is C12H13FN4O. The maximum atomic E-state index is 13.5. The molecule has 2 aromatic rings. The Balaban J connectivity index is 2.23. The lowest BCUT2D eigenvalue weighted by molar-refractivity contribution is -0.117. The van der Waals surface area contributed by atoms with Gasteiger partial charge in [-0.1, -0.05) is 23.4 Å². The zero-order valence-corrected chi connectivity index (χ0v) is 9.93. The number of primary amides is 1. The molecule has 1 aromatic heterocycles. The summed E-state index contributed by atoms with van der Waals surface area (Å²) in [5, 5.41) is 7.77. The number of aromatic nitrogens is 3. The summed E-state index contributed by atoms with van der Waals surface area (Å²) >= 11 is 0. The van der Waals surface area contributed by atoms with Gasteiger partial charge in [-0.25, -0.2) is 9.07 Å². The van der Waals surface area contributed by atoms with Crippen LogP contribution in [0.25, 0.3) is 0 Å². The van der Waals surface area contributed by atoms with Gasteiger partial charge in [0.15, 0.2) is 0 Å². The lowest BCUT2D eigenvalue weighted by atomic mass is 10.2. The first-order chi connectivity index (χ1) is 8.58. The lowest BCUT2D eigenvalue weighted by Crippen LogP contribution is -2.15. The van der Waals surface area contributed by atoms with Crippen LogP contribution in [0, 0.1) is 12.7 Å². The van der Waals surface area contributed by atoms with Crippen molar-refractivity contribution in [2.45, 2.75) is 19.9 Å². The second-order valence-electron chi connectivity index (χ2n) is 4.01. The van der Waals surface area contributed by atoms with Crippen molar-refractivity contribution in [1.82, 2.24) is 15.0 Å². The second-order valence-corrected chi connectivity index (χ2v) is 4.01. The van der Waals surface area contributed by atoms with Crippen LogP contribution in [0.2, 0.25) is 0 Å². The molecule has 0 radical (unpaired) electrons. The first kappa shape index (κ1) is 12.2. The van der Waals surface area contributed by atoms with E-state index < -0.39 is 5.91 Å². The van der Waals surface area contributed by atoms with Gasteiger partial charge in [0.1, 0.15) is 5.82 Å². The summed E-state index contributed by atoms with van der Waals surface area (Å²) < 4.78 is 15.0. The fourth-order valence-electron chi connectivity index (χ4n) is 1.66. The molecule has 0 atom stereocenters. The summed E-state index contributed by atoms with van der Waals surface area (Å²) in [5.74, 6) is -0.750. The highest BCUT2D eigenvalue weighted by Gasteiger charge is 2.12. The average Bonchev–Trinajstić information content (AvgIpc) is 2.64. The van der Waals surface area contributed by atoms with Crippen molar-refractivity contribution < 1.29 is 9.18 Å². The number of carbonyl (C=O) groups excluding carboxylic acids is 1. The van der Waals surface area contributed by atoms with Crippen LogP contribution in [0.1, 0.15) is 17.0 Å². The van der Waals surface area contributed by atoms with Crippen LogP contribution in [0.4, 0.5) is 4.39 Å². The average molecular weight is 248 g/mol. The summed E-state index contributed by atoms with van der Waals surface area (Å²) in [5.41, 5.74) is 6.87. The van der Waals surface area contributed by atoms with Gasteiger partial charge in [-0.2, -0.15) is 0 Å². The number of rotatable bonds is 4. The molecular weight excluding hydrogens is 235 g/mol. The fraction of sp³-hybridized carbons (Fsp3) is 0.250. The van der Waals surface area contributed by atoms with Crippen LogP contribution in [0.3, 0.4) is 0 Å². The summed E-state index contributed by atoms with van der Waals surface area (Å²) in [6, 6.07) is 6.47. The molecule has 1 heterocycles. The number of benzene rings is 1. The maximum Gasteiger partial charge on any atom is 0.223 e.